The van der Waals surface area contributed by atoms with Crippen molar-refractivity contribution in [3.63, 3.8) is 0 Å². The molecule has 0 spiro atoms. The number of nitrogens with zero attached hydrogens (tertiary/aromatic N) is 1. The van der Waals surface area contributed by atoms with Crippen molar-refractivity contribution in [1.29, 1.82) is 0 Å². The van der Waals surface area contributed by atoms with Crippen LogP contribution in [0.4, 0.5) is 11.5 Å². The van der Waals surface area contributed by atoms with Gasteiger partial charge in [-0.05, 0) is 49.6 Å². The van der Waals surface area contributed by atoms with Crippen LogP contribution in [0.15, 0.2) is 54.0 Å². The van der Waals surface area contributed by atoms with Crippen LogP contribution in [0, 0.1) is 6.92 Å². The molecule has 0 aliphatic carbocycles. The molecule has 2 heterocycles. The molecule has 4 aromatic rings. The first-order valence-electron chi connectivity index (χ1n) is 10.5. The maximum Gasteiger partial charge on any atom is 0.341 e. The van der Waals surface area contributed by atoms with Gasteiger partial charge in [-0.15, -0.1) is 11.3 Å². The Morgan fingerprint density at radius 2 is 1.97 bits per heavy atom. The van der Waals surface area contributed by atoms with E-state index in [1.807, 2.05) is 12.3 Å². The third-order valence-corrected chi connectivity index (χ3v) is 6.49. The monoisotopic (exact) mass is 495 g/mol. The highest BCUT2D eigenvalue weighted by molar-refractivity contribution is 7.17. The van der Waals surface area contributed by atoms with Crippen LogP contribution in [0.5, 0.6) is 5.75 Å². The molecule has 1 amide bonds. The number of carbonyl (C=O) groups excluding carboxylic acids is 2. The van der Waals surface area contributed by atoms with Crippen molar-refractivity contribution in [2.45, 2.75) is 20.5 Å². The van der Waals surface area contributed by atoms with Gasteiger partial charge in [0.25, 0.3) is 5.91 Å². The van der Waals surface area contributed by atoms with Gasteiger partial charge in [0, 0.05) is 39.0 Å². The number of halogens is 1. The van der Waals surface area contributed by atoms with Crippen LogP contribution in [0.25, 0.3) is 10.1 Å². The van der Waals surface area contributed by atoms with E-state index >= 15 is 0 Å². The Labute approximate surface area is 205 Å². The normalized spacial score (nSPS) is 10.8. The van der Waals surface area contributed by atoms with Crippen molar-refractivity contribution >= 4 is 56.4 Å². The largest absolute Gasteiger partial charge is 0.489 e. The molecule has 0 radical (unpaired) electrons. The summed E-state index contributed by atoms with van der Waals surface area (Å²) in [7, 11) is 0. The molecule has 0 aliphatic heterocycles. The number of fused-ring (bicyclic) bond motifs is 1. The maximum absolute atomic E-state index is 12.8. The minimum atomic E-state index is -0.441. The van der Waals surface area contributed by atoms with E-state index in [1.54, 1.807) is 49.4 Å². The molecule has 0 aliphatic rings. The first kappa shape index (κ1) is 23.5. The molecular formula is C25H22ClN3O4S. The van der Waals surface area contributed by atoms with E-state index < -0.39 is 5.97 Å². The fourth-order valence-corrected chi connectivity index (χ4v) is 4.78. The molecule has 174 valence electrons. The summed E-state index contributed by atoms with van der Waals surface area (Å²) >= 11 is 7.39. The van der Waals surface area contributed by atoms with E-state index in [0.29, 0.717) is 49.1 Å². The Kier molecular flexibility index (Phi) is 7.00. The Balaban J connectivity index is 1.56. The molecule has 4 rings (SSSR count). The summed E-state index contributed by atoms with van der Waals surface area (Å²) in [6.07, 6.45) is 1.43. The molecule has 0 saturated carbocycles. The second kappa shape index (κ2) is 10.1. The lowest BCUT2D eigenvalue weighted by Crippen LogP contribution is -2.14. The standard InChI is InChI=1S/C25H22ClN3O4S/c1-3-32-25(31)19-11-28-23(27)21-15(13-34-22(19)21)12-33-20-9-5-8-18(14(20)2)24(30)29-17-7-4-6-16(26)10-17/h4-11,13H,3,12H2,1-2H3,(H2,27,28)(H,29,30). The molecule has 0 atom stereocenters. The van der Waals surface area contributed by atoms with Gasteiger partial charge in [-0.1, -0.05) is 23.7 Å². The second-order valence-corrected chi connectivity index (χ2v) is 8.74. The van der Waals surface area contributed by atoms with Crippen molar-refractivity contribution < 1.29 is 19.1 Å². The summed E-state index contributed by atoms with van der Waals surface area (Å²) in [5.74, 6) is 0.169. The molecule has 0 bridgehead atoms. The number of esters is 1. The Morgan fingerprint density at radius 1 is 1.18 bits per heavy atom. The number of ether oxygens (including phenoxy) is 2. The number of rotatable bonds is 7. The van der Waals surface area contributed by atoms with E-state index in [0.717, 1.165) is 5.56 Å². The summed E-state index contributed by atoms with van der Waals surface area (Å²) in [5.41, 5.74) is 9.07. The maximum atomic E-state index is 12.8. The number of nitrogens with two attached hydrogens (primary N) is 1. The lowest BCUT2D eigenvalue weighted by atomic mass is 10.1. The molecule has 2 aromatic carbocycles. The van der Waals surface area contributed by atoms with Gasteiger partial charge < -0.3 is 20.5 Å². The number of aromatic nitrogens is 1. The average Bonchev–Trinajstić information content (AvgIpc) is 3.23. The summed E-state index contributed by atoms with van der Waals surface area (Å²) in [6, 6.07) is 12.2. The number of benzene rings is 2. The second-order valence-electron chi connectivity index (χ2n) is 7.42. The first-order valence-corrected chi connectivity index (χ1v) is 11.8. The highest BCUT2D eigenvalue weighted by atomic mass is 35.5. The van der Waals surface area contributed by atoms with Crippen molar-refractivity contribution in [2.75, 3.05) is 17.7 Å². The van der Waals surface area contributed by atoms with Crippen molar-refractivity contribution in [3.8, 4) is 5.75 Å². The third-order valence-electron chi connectivity index (χ3n) is 5.19. The minimum Gasteiger partial charge on any atom is -0.489 e. The molecule has 7 nitrogen and oxygen atoms in total. The van der Waals surface area contributed by atoms with Crippen molar-refractivity contribution in [1.82, 2.24) is 4.98 Å². The minimum absolute atomic E-state index is 0.193. The lowest BCUT2D eigenvalue weighted by Gasteiger charge is -2.13. The van der Waals surface area contributed by atoms with Crippen LogP contribution in [0.1, 0.15) is 38.8 Å². The third kappa shape index (κ3) is 4.83. The average molecular weight is 496 g/mol. The smallest absolute Gasteiger partial charge is 0.341 e. The number of anilines is 2. The number of amides is 1. The van der Waals surface area contributed by atoms with E-state index in [9.17, 15) is 9.59 Å². The van der Waals surface area contributed by atoms with Gasteiger partial charge in [0.1, 0.15) is 18.2 Å². The molecular weight excluding hydrogens is 474 g/mol. The fourth-order valence-electron chi connectivity index (χ4n) is 3.53. The van der Waals surface area contributed by atoms with Gasteiger partial charge in [0.2, 0.25) is 0 Å². The summed E-state index contributed by atoms with van der Waals surface area (Å²) in [4.78, 5) is 29.3. The summed E-state index contributed by atoms with van der Waals surface area (Å²) in [5, 5.41) is 5.94. The van der Waals surface area contributed by atoms with Crippen LogP contribution < -0.4 is 15.8 Å². The van der Waals surface area contributed by atoms with Gasteiger partial charge in [0.05, 0.1) is 16.9 Å². The van der Waals surface area contributed by atoms with Crippen LogP contribution in [0.2, 0.25) is 5.02 Å². The predicted molar refractivity (Wildman–Crippen MR) is 135 cm³/mol. The first-order chi connectivity index (χ1) is 16.4. The molecule has 2 aromatic heterocycles. The zero-order valence-electron chi connectivity index (χ0n) is 18.6. The van der Waals surface area contributed by atoms with Crippen molar-refractivity contribution in [2.24, 2.45) is 0 Å². The lowest BCUT2D eigenvalue weighted by molar-refractivity contribution is 0.0528. The molecule has 0 saturated heterocycles. The predicted octanol–water partition coefficient (Wildman–Crippen LogP) is 5.85. The van der Waals surface area contributed by atoms with Gasteiger partial charge in [-0.2, -0.15) is 0 Å². The topological polar surface area (TPSA) is 104 Å². The quantitative estimate of drug-likeness (QED) is 0.312. The number of pyridine rings is 1. The molecule has 9 heteroatoms. The van der Waals surface area contributed by atoms with Gasteiger partial charge in [-0.3, -0.25) is 4.79 Å². The number of nitrogens with one attached hydrogen (secondary N) is 1. The van der Waals surface area contributed by atoms with Gasteiger partial charge >= 0.3 is 5.97 Å². The highest BCUT2D eigenvalue weighted by Gasteiger charge is 2.19. The molecule has 34 heavy (non-hydrogen) atoms. The molecule has 3 N–H and O–H groups in total. The molecule has 0 fully saturated rings. The van der Waals surface area contributed by atoms with Gasteiger partial charge in [-0.25, -0.2) is 9.78 Å². The fraction of sp³-hybridized carbons (Fsp3) is 0.160. The van der Waals surface area contributed by atoms with Gasteiger partial charge in [0.15, 0.2) is 0 Å². The van der Waals surface area contributed by atoms with E-state index in [1.165, 1.54) is 17.5 Å². The van der Waals surface area contributed by atoms with Crippen LogP contribution in [-0.2, 0) is 11.3 Å². The van der Waals surface area contributed by atoms with E-state index in [4.69, 9.17) is 26.8 Å². The zero-order chi connectivity index (χ0) is 24.2. The zero-order valence-corrected chi connectivity index (χ0v) is 20.1. The summed E-state index contributed by atoms with van der Waals surface area (Å²) < 4.78 is 11.9. The van der Waals surface area contributed by atoms with Crippen LogP contribution >= 0.6 is 22.9 Å². The van der Waals surface area contributed by atoms with Crippen LogP contribution in [0.3, 0.4) is 0 Å². The number of hydrogen-bond donors (Lipinski definition) is 2. The SMILES string of the molecule is CCOC(=O)c1cnc(N)c2c(COc3cccc(C(=O)Nc4cccc(Cl)c4)c3C)csc12. The van der Waals surface area contributed by atoms with E-state index in [2.05, 4.69) is 10.3 Å². The number of nitrogen functional groups attached to an aromatic ring is 1. The number of hydrogen-bond acceptors (Lipinski definition) is 7. The summed E-state index contributed by atoms with van der Waals surface area (Å²) in [6.45, 7) is 4.03. The Hall–Kier alpha value is -3.62. The van der Waals surface area contributed by atoms with Crippen molar-refractivity contribution in [3.05, 3.63) is 81.3 Å². The number of carbonyl (C=O) groups is 2. The Bertz CT molecular complexity index is 1390. The van der Waals surface area contributed by atoms with E-state index in [-0.39, 0.29) is 19.1 Å². The highest BCUT2D eigenvalue weighted by Crippen LogP contribution is 2.34. The Morgan fingerprint density at radius 3 is 2.74 bits per heavy atom. The molecule has 0 unspecified atom stereocenters. The number of thiophene rings is 1. The van der Waals surface area contributed by atoms with Crippen LogP contribution in [-0.4, -0.2) is 23.5 Å².